The Morgan fingerprint density at radius 3 is 2.32 bits per heavy atom. The number of carboxylic acids is 1. The van der Waals surface area contributed by atoms with Crippen LogP contribution in [0.5, 0.6) is 0 Å². The first-order valence-electron chi connectivity index (χ1n) is 5.35. The second-order valence-corrected chi connectivity index (χ2v) is 5.94. The maximum atomic E-state index is 13.4. The van der Waals surface area contributed by atoms with Gasteiger partial charge in [0.1, 0.15) is 22.6 Å². The summed E-state index contributed by atoms with van der Waals surface area (Å²) in [5, 5.41) is 8.89. The largest absolute Gasteiger partial charge is 0.480 e. The summed E-state index contributed by atoms with van der Waals surface area (Å²) in [6.07, 6.45) is 0. The third kappa shape index (κ3) is 3.71. The van der Waals surface area contributed by atoms with Crippen molar-refractivity contribution in [2.75, 3.05) is 0 Å². The highest BCUT2D eigenvalue weighted by molar-refractivity contribution is 7.89. The van der Waals surface area contributed by atoms with E-state index in [9.17, 15) is 22.0 Å². The van der Waals surface area contributed by atoms with E-state index >= 15 is 0 Å². The monoisotopic (exact) mass is 293 g/mol. The molecule has 8 heteroatoms. The summed E-state index contributed by atoms with van der Waals surface area (Å²) >= 11 is 0. The smallest absolute Gasteiger partial charge is 0.322 e. The van der Waals surface area contributed by atoms with E-state index in [1.54, 1.807) is 0 Å². The first-order chi connectivity index (χ1) is 8.65. The zero-order chi connectivity index (χ0) is 14.8. The number of rotatable bonds is 5. The van der Waals surface area contributed by atoms with Gasteiger partial charge in [0.25, 0.3) is 0 Å². The van der Waals surface area contributed by atoms with Gasteiger partial charge < -0.3 is 5.11 Å². The molecule has 0 heterocycles. The van der Waals surface area contributed by atoms with Crippen molar-refractivity contribution in [3.63, 3.8) is 0 Å². The SMILES string of the molecule is CC(C)[C@@H](NS(=O)(=O)c1ccc(F)cc1F)C(=O)O. The Morgan fingerprint density at radius 1 is 1.32 bits per heavy atom. The van der Waals surface area contributed by atoms with Crippen LogP contribution in [0.15, 0.2) is 23.1 Å². The molecule has 1 atom stereocenters. The van der Waals surface area contributed by atoms with Crippen LogP contribution in [-0.2, 0) is 14.8 Å². The van der Waals surface area contributed by atoms with Crippen LogP contribution in [0.25, 0.3) is 0 Å². The van der Waals surface area contributed by atoms with E-state index in [4.69, 9.17) is 5.11 Å². The average molecular weight is 293 g/mol. The minimum Gasteiger partial charge on any atom is -0.480 e. The van der Waals surface area contributed by atoms with Crippen LogP contribution in [0.4, 0.5) is 8.78 Å². The van der Waals surface area contributed by atoms with Gasteiger partial charge in [0.2, 0.25) is 10.0 Å². The molecule has 0 aliphatic heterocycles. The molecule has 106 valence electrons. The molecule has 0 aliphatic rings. The Hall–Kier alpha value is -1.54. The van der Waals surface area contributed by atoms with Gasteiger partial charge in [0.15, 0.2) is 0 Å². The molecule has 0 spiro atoms. The van der Waals surface area contributed by atoms with Crippen LogP contribution in [0, 0.1) is 17.6 Å². The highest BCUT2D eigenvalue weighted by Gasteiger charge is 2.29. The van der Waals surface area contributed by atoms with E-state index in [2.05, 4.69) is 0 Å². The molecule has 1 aromatic carbocycles. The van der Waals surface area contributed by atoms with Crippen molar-refractivity contribution in [2.24, 2.45) is 5.92 Å². The molecule has 1 rings (SSSR count). The van der Waals surface area contributed by atoms with Gasteiger partial charge in [-0.1, -0.05) is 13.8 Å². The Bertz CT molecular complexity index is 586. The minimum absolute atomic E-state index is 0.416. The molecule has 0 saturated carbocycles. The number of carbonyl (C=O) groups is 1. The summed E-state index contributed by atoms with van der Waals surface area (Å²) in [6, 6.07) is 0.545. The van der Waals surface area contributed by atoms with Gasteiger partial charge in [-0.2, -0.15) is 4.72 Å². The summed E-state index contributed by atoms with van der Waals surface area (Å²) in [5.41, 5.74) is 0. The molecule has 0 aromatic heterocycles. The lowest BCUT2D eigenvalue weighted by atomic mass is 10.1. The van der Waals surface area contributed by atoms with E-state index < -0.39 is 44.5 Å². The molecule has 1 aromatic rings. The van der Waals surface area contributed by atoms with E-state index in [0.717, 1.165) is 12.1 Å². The maximum Gasteiger partial charge on any atom is 0.322 e. The summed E-state index contributed by atoms with van der Waals surface area (Å²) in [5.74, 6) is -4.10. The third-order valence-corrected chi connectivity index (χ3v) is 3.87. The maximum absolute atomic E-state index is 13.4. The minimum atomic E-state index is -4.37. The molecular formula is C11H13F2NO4S. The zero-order valence-electron chi connectivity index (χ0n) is 10.2. The quantitative estimate of drug-likeness (QED) is 0.858. The van der Waals surface area contributed by atoms with E-state index in [1.807, 2.05) is 4.72 Å². The van der Waals surface area contributed by atoms with Crippen molar-refractivity contribution >= 4 is 16.0 Å². The average Bonchev–Trinajstić information content (AvgIpc) is 2.24. The van der Waals surface area contributed by atoms with Crippen LogP contribution < -0.4 is 4.72 Å². The van der Waals surface area contributed by atoms with Gasteiger partial charge in [-0.3, -0.25) is 4.79 Å². The Labute approximate surface area is 109 Å². The van der Waals surface area contributed by atoms with Crippen molar-refractivity contribution in [3.05, 3.63) is 29.8 Å². The van der Waals surface area contributed by atoms with E-state index in [-0.39, 0.29) is 0 Å². The summed E-state index contributed by atoms with van der Waals surface area (Å²) in [4.78, 5) is 10.1. The fourth-order valence-electron chi connectivity index (χ4n) is 1.40. The number of benzene rings is 1. The lowest BCUT2D eigenvalue weighted by molar-refractivity contribution is -0.140. The summed E-state index contributed by atoms with van der Waals surface area (Å²) in [7, 11) is -4.37. The fraction of sp³-hybridized carbons (Fsp3) is 0.364. The Kier molecular flexibility index (Phi) is 4.59. The van der Waals surface area contributed by atoms with Crippen molar-refractivity contribution in [1.29, 1.82) is 0 Å². The zero-order valence-corrected chi connectivity index (χ0v) is 11.0. The standard InChI is InChI=1S/C11H13F2NO4S/c1-6(2)10(11(15)16)14-19(17,18)9-4-3-7(12)5-8(9)13/h3-6,10,14H,1-2H3,(H,15,16)/t10-/m1/s1. The molecule has 0 saturated heterocycles. The van der Waals surface area contributed by atoms with Crippen molar-refractivity contribution in [3.8, 4) is 0 Å². The van der Waals surface area contributed by atoms with Crippen LogP contribution in [0.3, 0.4) is 0 Å². The normalized spacial score (nSPS) is 13.5. The number of hydrogen-bond donors (Lipinski definition) is 2. The molecular weight excluding hydrogens is 280 g/mol. The molecule has 0 unspecified atom stereocenters. The molecule has 0 fully saturated rings. The molecule has 0 amide bonds. The predicted octanol–water partition coefficient (Wildman–Crippen LogP) is 1.35. The second kappa shape index (κ2) is 5.62. The molecule has 0 bridgehead atoms. The van der Waals surface area contributed by atoms with E-state index in [0.29, 0.717) is 6.07 Å². The number of sulfonamides is 1. The number of carboxylic acid groups (broad SMARTS) is 1. The number of nitrogens with one attached hydrogen (secondary N) is 1. The van der Waals surface area contributed by atoms with Gasteiger partial charge in [-0.05, 0) is 18.1 Å². The number of aliphatic carboxylic acids is 1. The first kappa shape index (κ1) is 15.5. The van der Waals surface area contributed by atoms with Gasteiger partial charge in [0.05, 0.1) is 0 Å². The molecule has 5 nitrogen and oxygen atoms in total. The van der Waals surface area contributed by atoms with Crippen molar-refractivity contribution < 1.29 is 27.1 Å². The summed E-state index contributed by atoms with van der Waals surface area (Å²) in [6.45, 7) is 3.00. The summed E-state index contributed by atoms with van der Waals surface area (Å²) < 4.78 is 51.7. The molecule has 19 heavy (non-hydrogen) atoms. The van der Waals surface area contributed by atoms with Gasteiger partial charge in [-0.25, -0.2) is 17.2 Å². The van der Waals surface area contributed by atoms with Crippen LogP contribution in [0.1, 0.15) is 13.8 Å². The van der Waals surface area contributed by atoms with Gasteiger partial charge in [-0.15, -0.1) is 0 Å². The van der Waals surface area contributed by atoms with Gasteiger partial charge in [0, 0.05) is 6.07 Å². The van der Waals surface area contributed by atoms with E-state index in [1.165, 1.54) is 13.8 Å². The fourth-order valence-corrected chi connectivity index (χ4v) is 2.79. The van der Waals surface area contributed by atoms with Crippen molar-refractivity contribution in [1.82, 2.24) is 4.72 Å². The lowest BCUT2D eigenvalue weighted by Crippen LogP contribution is -2.44. The van der Waals surface area contributed by atoms with Crippen LogP contribution in [-0.4, -0.2) is 25.5 Å². The molecule has 0 aliphatic carbocycles. The number of halogens is 2. The second-order valence-electron chi connectivity index (χ2n) is 4.26. The van der Waals surface area contributed by atoms with Crippen LogP contribution >= 0.6 is 0 Å². The molecule has 0 radical (unpaired) electrons. The van der Waals surface area contributed by atoms with Gasteiger partial charge >= 0.3 is 5.97 Å². The molecule has 2 N–H and O–H groups in total. The predicted molar refractivity (Wildman–Crippen MR) is 62.9 cm³/mol. The topological polar surface area (TPSA) is 83.5 Å². The highest BCUT2D eigenvalue weighted by atomic mass is 32.2. The Balaban J connectivity index is 3.14. The third-order valence-electron chi connectivity index (χ3n) is 2.40. The lowest BCUT2D eigenvalue weighted by Gasteiger charge is -2.18. The van der Waals surface area contributed by atoms with Crippen molar-refractivity contribution in [2.45, 2.75) is 24.8 Å². The highest BCUT2D eigenvalue weighted by Crippen LogP contribution is 2.17. The van der Waals surface area contributed by atoms with Crippen LogP contribution in [0.2, 0.25) is 0 Å². The first-order valence-corrected chi connectivity index (χ1v) is 6.83. The number of hydrogen-bond acceptors (Lipinski definition) is 3. The Morgan fingerprint density at radius 2 is 1.89 bits per heavy atom.